The van der Waals surface area contributed by atoms with E-state index in [1.54, 1.807) is 38.1 Å². The zero-order valence-corrected chi connectivity index (χ0v) is 34.1. The fourth-order valence-corrected chi connectivity index (χ4v) is 7.63. The number of likely N-dealkylation sites (N-methyl/N-ethyl adjacent to an activating group) is 1. The van der Waals surface area contributed by atoms with Gasteiger partial charge in [0.25, 0.3) is 5.91 Å². The van der Waals surface area contributed by atoms with Crippen molar-refractivity contribution in [3.8, 4) is 5.75 Å². The number of nitrogen functional groups attached to an aromatic ring is 1. The number of ether oxygens (including phenoxy) is 5. The van der Waals surface area contributed by atoms with Crippen LogP contribution in [0.4, 0.5) is 29.3 Å². The van der Waals surface area contributed by atoms with Crippen molar-refractivity contribution >= 4 is 46.9 Å². The summed E-state index contributed by atoms with van der Waals surface area (Å²) in [6.45, 7) is 6.52. The van der Waals surface area contributed by atoms with Crippen molar-refractivity contribution in [3.63, 3.8) is 0 Å². The van der Waals surface area contributed by atoms with E-state index < -0.39 is 95.4 Å². The summed E-state index contributed by atoms with van der Waals surface area (Å²) in [5.41, 5.74) is 1.97. The molecule has 2 aromatic carbocycles. The van der Waals surface area contributed by atoms with Crippen LogP contribution in [-0.2, 0) is 41.1 Å². The van der Waals surface area contributed by atoms with E-state index >= 15 is 0 Å². The van der Waals surface area contributed by atoms with Crippen LogP contribution in [0.25, 0.3) is 0 Å². The Morgan fingerprint density at radius 2 is 1.88 bits per heavy atom. The molecular weight excluding hydrogens is 789 g/mol. The third-order valence-corrected chi connectivity index (χ3v) is 11.4. The zero-order chi connectivity index (χ0) is 43.1. The van der Waals surface area contributed by atoms with Gasteiger partial charge in [-0.15, -0.1) is 0 Å². The number of alkyl carbamates (subject to hydrolysis) is 1. The highest BCUT2D eigenvalue weighted by atomic mass is 35.5. The second kappa shape index (κ2) is 16.8. The fraction of sp³-hybridized carbons (Fsp3) is 0.500. The van der Waals surface area contributed by atoms with Crippen LogP contribution in [0.15, 0.2) is 54.1 Å². The number of nitrogens with one attached hydrogen (secondary N) is 1. The van der Waals surface area contributed by atoms with Crippen molar-refractivity contribution in [1.82, 2.24) is 10.2 Å². The summed E-state index contributed by atoms with van der Waals surface area (Å²) in [6.07, 6.45) is -4.93. The molecule has 3 aliphatic heterocycles. The number of carbonyl (C=O) groups excluding carboxylic acids is 4. The first-order chi connectivity index (χ1) is 27.0. The van der Waals surface area contributed by atoms with Crippen LogP contribution in [0, 0.1) is 5.92 Å². The molecule has 2 aromatic rings. The Bertz CT molecular complexity index is 2010. The number of epoxide rings is 1. The molecule has 58 heavy (non-hydrogen) atoms. The number of carbonyl (C=O) groups is 4. The van der Waals surface area contributed by atoms with Crippen LogP contribution in [0.3, 0.4) is 0 Å². The van der Waals surface area contributed by atoms with E-state index in [0.717, 1.165) is 28.2 Å². The number of benzene rings is 2. The number of esters is 1. The lowest BCUT2D eigenvalue weighted by atomic mass is 9.83. The van der Waals surface area contributed by atoms with Gasteiger partial charge in [-0.3, -0.25) is 14.9 Å². The molecule has 14 nitrogen and oxygen atoms in total. The molecule has 8 atom stereocenters. The monoisotopic (exact) mass is 836 g/mol. The molecule has 0 aromatic heterocycles. The van der Waals surface area contributed by atoms with Gasteiger partial charge >= 0.3 is 18.2 Å². The summed E-state index contributed by atoms with van der Waals surface area (Å²) < 4.78 is 69.7. The van der Waals surface area contributed by atoms with Gasteiger partial charge in [-0.2, -0.15) is 13.2 Å². The Labute approximate surface area is 339 Å². The predicted molar refractivity (Wildman–Crippen MR) is 206 cm³/mol. The number of hydrogen-bond donors (Lipinski definition) is 3. The minimum atomic E-state index is -4.83. The van der Waals surface area contributed by atoms with Crippen molar-refractivity contribution in [1.29, 1.82) is 0 Å². The Balaban J connectivity index is 1.51. The third kappa shape index (κ3) is 9.07. The average Bonchev–Trinajstić information content (AvgIpc) is 3.86. The summed E-state index contributed by atoms with van der Waals surface area (Å²) in [7, 11) is 5.53. The first-order valence-corrected chi connectivity index (χ1v) is 18.8. The summed E-state index contributed by atoms with van der Waals surface area (Å²) in [6, 6.07) is 4.75. The van der Waals surface area contributed by atoms with Crippen molar-refractivity contribution in [3.05, 3.63) is 75.8 Å². The molecule has 5 rings (SSSR count). The molecule has 4 bridgehead atoms. The van der Waals surface area contributed by atoms with Gasteiger partial charge < -0.3 is 44.3 Å². The van der Waals surface area contributed by atoms with Gasteiger partial charge in [0.05, 0.1) is 30.9 Å². The summed E-state index contributed by atoms with van der Waals surface area (Å²) >= 11 is 6.73. The molecule has 3 aliphatic rings. The lowest BCUT2D eigenvalue weighted by Crippen LogP contribution is -2.63. The lowest BCUT2D eigenvalue weighted by Gasteiger charge is -2.42. The SMILES string of the molecule is COc1cc2cc(c1Cl)N(C)C(=O)CC(OC(=O)[C@H](C)N(C)C(=O)c1ccc(N)c(C(F)(F)F)c1)[C@]1(C)O[C@H]1[C@H](C)[C@@H]1C[C@@](O)(NC(=O)O1)[C@H](OC)/C=C/C=C(\C)C2. The molecule has 3 heterocycles. The molecule has 1 unspecified atom stereocenters. The van der Waals surface area contributed by atoms with Crippen molar-refractivity contribution in [2.75, 3.05) is 38.9 Å². The molecule has 3 amide bonds. The van der Waals surface area contributed by atoms with Crippen molar-refractivity contribution in [2.24, 2.45) is 5.92 Å². The maximum Gasteiger partial charge on any atom is 0.418 e. The highest BCUT2D eigenvalue weighted by Crippen LogP contribution is 2.49. The van der Waals surface area contributed by atoms with Crippen LogP contribution in [0.2, 0.25) is 5.02 Å². The van der Waals surface area contributed by atoms with E-state index in [2.05, 4.69) is 5.32 Å². The van der Waals surface area contributed by atoms with Crippen molar-refractivity contribution < 1.29 is 61.1 Å². The number of nitrogens with zero attached hydrogens (tertiary/aromatic N) is 2. The maximum absolute atomic E-state index is 14.2. The minimum Gasteiger partial charge on any atom is -0.495 e. The Morgan fingerprint density at radius 1 is 1.19 bits per heavy atom. The summed E-state index contributed by atoms with van der Waals surface area (Å²) in [5.74, 6) is -2.82. The first kappa shape index (κ1) is 44.3. The molecule has 2 saturated heterocycles. The van der Waals surface area contributed by atoms with Gasteiger partial charge in [-0.25, -0.2) is 9.59 Å². The molecule has 0 saturated carbocycles. The standard InChI is InChI=1S/C40H48ClF3N4O10/c1-20-10-9-11-30(55-8)39(53)19-29(56-37(52)46-39)21(2)34-38(4,58-34)31(18-32(49)48(6)27-15-23(14-20)16-28(54-7)33(27)41)57-36(51)22(3)47(5)35(50)24-12-13-26(45)25(17-24)40(42,43)44/h9-13,15-17,21-22,29-31,34,53H,14,18-19,45H2,1-8H3,(H,46,52)/b11-9+,20-10+/t21-,22+,29+,30-,31?,34+,38+,39+/m1/s1. The van der Waals surface area contributed by atoms with E-state index in [0.29, 0.717) is 23.9 Å². The number of nitrogens with two attached hydrogens (primary N) is 1. The van der Waals surface area contributed by atoms with Gasteiger partial charge in [0.2, 0.25) is 5.91 Å². The molecule has 0 spiro atoms. The molecular formula is C40H48ClF3N4O10. The van der Waals surface area contributed by atoms with E-state index in [9.17, 15) is 37.5 Å². The molecule has 0 aliphatic carbocycles. The molecule has 316 valence electrons. The van der Waals surface area contributed by atoms with Gasteiger partial charge in [0.1, 0.15) is 40.7 Å². The predicted octanol–water partition coefficient (Wildman–Crippen LogP) is 5.43. The van der Waals surface area contributed by atoms with Crippen LogP contribution in [0.5, 0.6) is 5.75 Å². The van der Waals surface area contributed by atoms with Gasteiger partial charge in [-0.1, -0.05) is 42.3 Å². The highest BCUT2D eigenvalue weighted by Gasteiger charge is 2.64. The van der Waals surface area contributed by atoms with Crippen LogP contribution in [-0.4, -0.2) is 104 Å². The summed E-state index contributed by atoms with van der Waals surface area (Å²) in [4.78, 5) is 56.5. The number of rotatable bonds is 6. The number of hydrogen-bond acceptors (Lipinski definition) is 11. The molecule has 2 fully saturated rings. The van der Waals surface area contributed by atoms with Crippen molar-refractivity contribution in [2.45, 2.75) is 94.9 Å². The normalized spacial score (nSPS) is 29.8. The average molecular weight is 837 g/mol. The number of amides is 3. The number of alkyl halides is 3. The second-order valence-electron chi connectivity index (χ2n) is 15.1. The van der Waals surface area contributed by atoms with Crippen LogP contribution >= 0.6 is 11.6 Å². The maximum atomic E-state index is 14.2. The van der Waals surface area contributed by atoms with E-state index in [4.69, 9.17) is 41.0 Å². The second-order valence-corrected chi connectivity index (χ2v) is 15.5. The number of allylic oxidation sites excluding steroid dienone is 3. The molecule has 4 N–H and O–H groups in total. The lowest BCUT2D eigenvalue weighted by molar-refractivity contribution is -0.158. The van der Waals surface area contributed by atoms with Gasteiger partial charge in [-0.05, 0) is 63.1 Å². The fourth-order valence-electron chi connectivity index (χ4n) is 7.32. The molecule has 0 radical (unpaired) electrons. The smallest absolute Gasteiger partial charge is 0.418 e. The quantitative estimate of drug-likeness (QED) is 0.192. The number of fused-ring (bicyclic) bond motifs is 5. The minimum absolute atomic E-state index is 0.136. The number of methoxy groups -OCH3 is 2. The Hall–Kier alpha value is -4.84. The highest BCUT2D eigenvalue weighted by molar-refractivity contribution is 6.35. The number of aliphatic hydroxyl groups is 1. The topological polar surface area (TPSA) is 182 Å². The third-order valence-electron chi connectivity index (χ3n) is 11.1. The zero-order valence-electron chi connectivity index (χ0n) is 33.3. The Kier molecular flexibility index (Phi) is 12.8. The molecule has 18 heteroatoms. The van der Waals surface area contributed by atoms with Crippen LogP contribution < -0.4 is 20.7 Å². The largest absolute Gasteiger partial charge is 0.495 e. The van der Waals surface area contributed by atoms with Crippen LogP contribution in [0.1, 0.15) is 62.0 Å². The number of anilines is 2. The van der Waals surface area contributed by atoms with E-state index in [1.807, 2.05) is 13.0 Å². The summed E-state index contributed by atoms with van der Waals surface area (Å²) in [5, 5.41) is 14.3. The van der Waals surface area contributed by atoms with E-state index in [-0.39, 0.29) is 17.0 Å². The van der Waals surface area contributed by atoms with Gasteiger partial charge in [0.15, 0.2) is 5.72 Å². The van der Waals surface area contributed by atoms with E-state index in [1.165, 1.54) is 40.1 Å². The number of halogens is 4. The first-order valence-electron chi connectivity index (χ1n) is 18.4. The van der Waals surface area contributed by atoms with Gasteiger partial charge in [0, 0.05) is 44.8 Å². The Morgan fingerprint density at radius 3 is 2.52 bits per heavy atom.